The number of thiazole rings is 1. The number of hydrogen-bond acceptors (Lipinski definition) is 8. The molecule has 278 valence electrons. The molecule has 4 rings (SSSR count). The molecule has 0 saturated carbocycles. The fourth-order valence-corrected chi connectivity index (χ4v) is 6.28. The quantitative estimate of drug-likeness (QED) is 0.158. The van der Waals surface area contributed by atoms with E-state index >= 15 is 0 Å². The van der Waals surface area contributed by atoms with Crippen molar-refractivity contribution in [2.24, 2.45) is 32.0 Å². The molecule has 2 N–H and O–H groups in total. The summed E-state index contributed by atoms with van der Waals surface area (Å²) in [6.45, 7) is 23.8. The molecule has 0 bridgehead atoms. The van der Waals surface area contributed by atoms with E-state index in [1.165, 1.54) is 11.3 Å². The minimum atomic E-state index is -0.449. The molecule has 0 aliphatic rings. The van der Waals surface area contributed by atoms with Crippen LogP contribution in [0.4, 0.5) is 10.8 Å². The Balaban J connectivity index is 0.000000276. The zero-order chi connectivity index (χ0) is 38.9. The van der Waals surface area contributed by atoms with Gasteiger partial charge in [0.05, 0.1) is 22.8 Å². The number of anilines is 2. The number of nitrogens with zero attached hydrogens (tertiary/aromatic N) is 4. The lowest BCUT2D eigenvalue weighted by molar-refractivity contribution is 0.0843. The van der Waals surface area contributed by atoms with Crippen molar-refractivity contribution in [3.63, 3.8) is 0 Å². The minimum Gasteiger partial charge on any atom is -0.379 e. The monoisotopic (exact) mass is 718 g/mol. The van der Waals surface area contributed by atoms with Gasteiger partial charge in [-0.15, -0.1) is 11.3 Å². The molecule has 0 aliphatic heterocycles. The number of carbonyl (C=O) groups is 4. The van der Waals surface area contributed by atoms with Crippen molar-refractivity contribution >= 4 is 45.3 Å². The summed E-state index contributed by atoms with van der Waals surface area (Å²) in [5.41, 5.74) is 3.95. The molecule has 0 unspecified atom stereocenters. The molecular formula is C40H58N6O4S. The Hall–Kier alpha value is -4.25. The highest BCUT2D eigenvalue weighted by molar-refractivity contribution is 7.13. The van der Waals surface area contributed by atoms with Crippen molar-refractivity contribution < 1.29 is 19.2 Å². The summed E-state index contributed by atoms with van der Waals surface area (Å²) in [5, 5.41) is 9.18. The van der Waals surface area contributed by atoms with Gasteiger partial charge in [-0.1, -0.05) is 41.5 Å². The van der Waals surface area contributed by atoms with Gasteiger partial charge in [-0.05, 0) is 70.9 Å². The van der Waals surface area contributed by atoms with Crippen LogP contribution in [-0.2, 0) is 34.0 Å². The van der Waals surface area contributed by atoms with Gasteiger partial charge in [0.2, 0.25) is 0 Å². The highest BCUT2D eigenvalue weighted by Crippen LogP contribution is 2.26. The Bertz CT molecular complexity index is 1890. The van der Waals surface area contributed by atoms with E-state index in [9.17, 15) is 19.2 Å². The summed E-state index contributed by atoms with van der Waals surface area (Å²) in [5.74, 6) is 0.140. The van der Waals surface area contributed by atoms with Crippen LogP contribution in [0.2, 0.25) is 0 Å². The molecule has 0 saturated heterocycles. The van der Waals surface area contributed by atoms with Crippen LogP contribution < -0.4 is 10.6 Å². The molecule has 0 radical (unpaired) electrons. The molecule has 4 heterocycles. The van der Waals surface area contributed by atoms with Crippen LogP contribution in [-0.4, -0.2) is 52.9 Å². The van der Waals surface area contributed by atoms with Crippen molar-refractivity contribution in [2.45, 2.75) is 107 Å². The Labute approximate surface area is 308 Å². The van der Waals surface area contributed by atoms with E-state index in [1.807, 2.05) is 129 Å². The first-order valence-corrected chi connectivity index (χ1v) is 18.2. The summed E-state index contributed by atoms with van der Waals surface area (Å²) in [6, 6.07) is 5.53. The summed E-state index contributed by atoms with van der Waals surface area (Å²) >= 11 is 1.43. The van der Waals surface area contributed by atoms with E-state index in [0.717, 1.165) is 21.9 Å². The van der Waals surface area contributed by atoms with Crippen LogP contribution in [0, 0.1) is 10.8 Å². The predicted molar refractivity (Wildman–Crippen MR) is 209 cm³/mol. The number of nitrogens with one attached hydrogen (secondary N) is 2. The van der Waals surface area contributed by atoms with Gasteiger partial charge in [0.15, 0.2) is 28.3 Å². The Morgan fingerprint density at radius 3 is 1.47 bits per heavy atom. The number of rotatable bonds is 10. The Morgan fingerprint density at radius 1 is 0.608 bits per heavy atom. The van der Waals surface area contributed by atoms with E-state index in [2.05, 4.69) is 36.4 Å². The van der Waals surface area contributed by atoms with E-state index in [0.29, 0.717) is 22.8 Å². The van der Waals surface area contributed by atoms with Crippen molar-refractivity contribution in [1.82, 2.24) is 18.7 Å². The van der Waals surface area contributed by atoms with Crippen molar-refractivity contribution in [3.8, 4) is 0 Å². The van der Waals surface area contributed by atoms with Crippen molar-refractivity contribution in [1.29, 1.82) is 0 Å². The summed E-state index contributed by atoms with van der Waals surface area (Å²) < 4.78 is 5.46. The summed E-state index contributed by atoms with van der Waals surface area (Å²) in [6.07, 6.45) is 6.16. The number of ketones is 4. The minimum absolute atomic E-state index is 0.0369. The average molecular weight is 719 g/mol. The molecule has 11 heteroatoms. The van der Waals surface area contributed by atoms with E-state index in [4.69, 9.17) is 0 Å². The molecule has 0 atom stereocenters. The second kappa shape index (κ2) is 15.2. The van der Waals surface area contributed by atoms with Gasteiger partial charge in [-0.3, -0.25) is 19.2 Å². The highest BCUT2D eigenvalue weighted by atomic mass is 32.1. The maximum atomic E-state index is 12.8. The molecule has 0 amide bonds. The van der Waals surface area contributed by atoms with Crippen LogP contribution in [0.3, 0.4) is 0 Å². The molecule has 0 aliphatic carbocycles. The van der Waals surface area contributed by atoms with Gasteiger partial charge < -0.3 is 24.3 Å². The van der Waals surface area contributed by atoms with E-state index in [1.54, 1.807) is 9.95 Å². The topological polar surface area (TPSA) is 120 Å². The molecule has 0 fully saturated rings. The molecule has 0 spiro atoms. The molecule has 4 aromatic heterocycles. The van der Waals surface area contributed by atoms with Gasteiger partial charge in [0.25, 0.3) is 0 Å². The summed E-state index contributed by atoms with van der Waals surface area (Å²) in [7, 11) is 5.56. The second-order valence-corrected chi connectivity index (χ2v) is 18.4. The lowest BCUT2D eigenvalue weighted by Gasteiger charge is -2.20. The van der Waals surface area contributed by atoms with E-state index in [-0.39, 0.29) is 47.1 Å². The fourth-order valence-electron chi connectivity index (χ4n) is 5.35. The van der Waals surface area contributed by atoms with Crippen molar-refractivity contribution in [2.75, 3.05) is 10.6 Å². The number of Topliss-reactive ketones (excluding diaryl/α,β-unsaturated/α-hetero) is 4. The van der Waals surface area contributed by atoms with Crippen LogP contribution in [0.25, 0.3) is 0 Å². The first-order chi connectivity index (χ1) is 23.1. The average Bonchev–Trinajstić information content (AvgIpc) is 3.72. The molecule has 0 aromatic carbocycles. The Morgan fingerprint density at radius 2 is 1.04 bits per heavy atom. The first kappa shape index (κ1) is 41.2. The van der Waals surface area contributed by atoms with Gasteiger partial charge in [-0.2, -0.15) is 0 Å². The Kier molecular flexibility index (Phi) is 12.2. The lowest BCUT2D eigenvalue weighted by Crippen LogP contribution is -2.25. The molecule has 51 heavy (non-hydrogen) atoms. The lowest BCUT2D eigenvalue weighted by atomic mass is 9.89. The number of carbonyl (C=O) groups excluding carboxylic acids is 4. The number of aromatic nitrogens is 4. The molecule has 10 nitrogen and oxygen atoms in total. The van der Waals surface area contributed by atoms with Gasteiger partial charge in [-0.25, -0.2) is 4.98 Å². The number of aryl methyl sites for hydroxylation is 3. The maximum absolute atomic E-state index is 12.8. The fraction of sp³-hybridized carbons (Fsp3) is 0.525. The third-order valence-electron chi connectivity index (χ3n) is 7.76. The second-order valence-electron chi connectivity index (χ2n) is 17.6. The largest absolute Gasteiger partial charge is 0.379 e. The normalized spacial score (nSPS) is 12.3. The number of hydrogen-bond donors (Lipinski definition) is 2. The summed E-state index contributed by atoms with van der Waals surface area (Å²) in [4.78, 5) is 54.6. The SMILES string of the molecule is Cn1cc(CC(=O)c2csc(NC(C)(C)C)n2)cc1C(=O)C(C)(C)C.Cn1cc(NC(C)(C)C)cc1C(=O)Cc1cc(C(=O)C(C)(C)C)n(C)c1. The maximum Gasteiger partial charge on any atom is 0.186 e. The zero-order valence-electron chi connectivity index (χ0n) is 33.3. The van der Waals surface area contributed by atoms with Crippen LogP contribution in [0.15, 0.2) is 42.2 Å². The first-order valence-electron chi connectivity index (χ1n) is 17.3. The standard InChI is InChI=1S/C21H31N3O2.C19H27N3O2S/c1-20(2,3)19(26)17-9-14(12-23(17)7)10-18(25)16-11-15(13-24(16)8)22-21(4,5)6;1-18(2,3)16(24)14-8-12(10-22(14)7)9-15(23)13-11-25-17(20-13)21-19(4,5)6/h9,11-13,22H,10H2,1-8H3;8,10-11H,9H2,1-7H3,(H,20,21). The van der Waals surface area contributed by atoms with Crippen LogP contribution >= 0.6 is 11.3 Å². The van der Waals surface area contributed by atoms with Gasteiger partial charge in [0.1, 0.15) is 5.69 Å². The van der Waals surface area contributed by atoms with E-state index < -0.39 is 10.8 Å². The van der Waals surface area contributed by atoms with Crippen LogP contribution in [0.1, 0.15) is 136 Å². The third kappa shape index (κ3) is 11.6. The zero-order valence-corrected chi connectivity index (χ0v) is 34.1. The molecular weight excluding hydrogens is 661 g/mol. The molecule has 4 aromatic rings. The van der Waals surface area contributed by atoms with Gasteiger partial charge in [0, 0.05) is 79.9 Å². The van der Waals surface area contributed by atoms with Crippen molar-refractivity contribution in [3.05, 3.63) is 76.1 Å². The predicted octanol–water partition coefficient (Wildman–Crippen LogP) is 8.57. The van der Waals surface area contributed by atoms with Gasteiger partial charge >= 0.3 is 0 Å². The highest BCUT2D eigenvalue weighted by Gasteiger charge is 2.27. The van der Waals surface area contributed by atoms with Crippen LogP contribution in [0.5, 0.6) is 0 Å². The third-order valence-corrected chi connectivity index (χ3v) is 8.52. The smallest absolute Gasteiger partial charge is 0.186 e.